The minimum absolute atomic E-state index is 0. The fraction of sp³-hybridized carbons (Fsp3) is 0.471. The summed E-state index contributed by atoms with van der Waals surface area (Å²) in [5, 5.41) is 12.4. The van der Waals surface area contributed by atoms with Crippen molar-refractivity contribution < 1.29 is 48.9 Å². The summed E-state index contributed by atoms with van der Waals surface area (Å²) in [6, 6.07) is 4.91. The third-order valence-corrected chi connectivity index (χ3v) is 3.97. The van der Waals surface area contributed by atoms with Crippen molar-refractivity contribution in [3.63, 3.8) is 0 Å². The van der Waals surface area contributed by atoms with Crippen molar-refractivity contribution in [3.05, 3.63) is 24.4 Å². The molecule has 0 bridgehead atoms. The standard InChI is InChI=1S/C17H22N2O4.Na/c1-21-16-11-13-14(18-4-3-15(13)20)12-17(16)23-8-2-5-19-6-9-22-10-7-19;/h3-4,11-12H,2,5-10H2,1H3,(H,18,20);/q;+1/p-1. The van der Waals surface area contributed by atoms with Crippen LogP contribution in [0.5, 0.6) is 17.2 Å². The molecule has 0 spiro atoms. The molecule has 2 heterocycles. The van der Waals surface area contributed by atoms with Crippen LogP contribution < -0.4 is 44.1 Å². The Hall–Kier alpha value is -1.05. The summed E-state index contributed by atoms with van der Waals surface area (Å²) in [4.78, 5) is 6.59. The van der Waals surface area contributed by atoms with Gasteiger partial charge in [0, 0.05) is 31.9 Å². The van der Waals surface area contributed by atoms with E-state index in [1.807, 2.05) is 0 Å². The summed E-state index contributed by atoms with van der Waals surface area (Å²) < 4.78 is 16.5. The predicted octanol–water partition coefficient (Wildman–Crippen LogP) is -1.58. The van der Waals surface area contributed by atoms with Crippen molar-refractivity contribution in [1.29, 1.82) is 0 Å². The molecule has 24 heavy (non-hydrogen) atoms. The molecule has 1 aromatic heterocycles. The van der Waals surface area contributed by atoms with E-state index < -0.39 is 0 Å². The predicted molar refractivity (Wildman–Crippen MR) is 85.1 cm³/mol. The maximum Gasteiger partial charge on any atom is 1.00 e. The first-order chi connectivity index (χ1) is 11.3. The number of nitrogens with zero attached hydrogens (tertiary/aromatic N) is 2. The van der Waals surface area contributed by atoms with Gasteiger partial charge in [-0.2, -0.15) is 0 Å². The smallest absolute Gasteiger partial charge is 0.872 e. The second-order valence-electron chi connectivity index (χ2n) is 5.49. The molecule has 0 atom stereocenters. The number of fused-ring (bicyclic) bond motifs is 1. The molecule has 1 aromatic carbocycles. The number of hydrogen-bond donors (Lipinski definition) is 0. The van der Waals surface area contributed by atoms with Crippen molar-refractivity contribution >= 4 is 10.9 Å². The van der Waals surface area contributed by atoms with Crippen molar-refractivity contribution in [2.24, 2.45) is 0 Å². The van der Waals surface area contributed by atoms with Gasteiger partial charge in [-0.1, -0.05) is 11.8 Å². The van der Waals surface area contributed by atoms with Crippen LogP contribution >= 0.6 is 0 Å². The summed E-state index contributed by atoms with van der Waals surface area (Å²) in [6.45, 7) is 5.16. The molecule has 124 valence electrons. The number of morpholine rings is 1. The van der Waals surface area contributed by atoms with E-state index in [-0.39, 0.29) is 35.3 Å². The summed E-state index contributed by atoms with van der Waals surface area (Å²) in [6.07, 6.45) is 2.44. The molecule has 0 N–H and O–H groups in total. The van der Waals surface area contributed by atoms with Gasteiger partial charge in [-0.05, 0) is 17.9 Å². The molecule has 6 nitrogen and oxygen atoms in total. The minimum atomic E-state index is -0.0628. The van der Waals surface area contributed by atoms with Gasteiger partial charge in [-0.3, -0.25) is 9.88 Å². The normalized spacial score (nSPS) is 15.0. The summed E-state index contributed by atoms with van der Waals surface area (Å²) in [7, 11) is 1.57. The van der Waals surface area contributed by atoms with Gasteiger partial charge in [0.25, 0.3) is 0 Å². The quantitative estimate of drug-likeness (QED) is 0.467. The van der Waals surface area contributed by atoms with Gasteiger partial charge in [0.1, 0.15) is 0 Å². The first kappa shape index (κ1) is 19.3. The van der Waals surface area contributed by atoms with Crippen molar-refractivity contribution in [3.8, 4) is 17.2 Å². The fourth-order valence-corrected chi connectivity index (χ4v) is 2.70. The zero-order chi connectivity index (χ0) is 16.1. The third-order valence-electron chi connectivity index (χ3n) is 3.97. The zero-order valence-electron chi connectivity index (χ0n) is 14.3. The molecule has 0 aliphatic carbocycles. The number of methoxy groups -OCH3 is 1. The number of benzene rings is 1. The maximum absolute atomic E-state index is 11.8. The molecule has 0 radical (unpaired) electrons. The molecule has 0 amide bonds. The SMILES string of the molecule is COc1cc2c([O-])ccnc2cc1OCCCN1CCOCC1.[Na+]. The van der Waals surface area contributed by atoms with E-state index in [0.717, 1.165) is 39.3 Å². The van der Waals surface area contributed by atoms with E-state index in [0.29, 0.717) is 29.0 Å². The molecule has 0 saturated carbocycles. The van der Waals surface area contributed by atoms with Crippen LogP contribution in [0.15, 0.2) is 24.4 Å². The number of ether oxygens (including phenoxy) is 3. The Kier molecular flexibility index (Phi) is 7.58. The first-order valence-corrected chi connectivity index (χ1v) is 7.84. The average Bonchev–Trinajstić information content (AvgIpc) is 2.59. The van der Waals surface area contributed by atoms with E-state index in [4.69, 9.17) is 14.2 Å². The van der Waals surface area contributed by atoms with Crippen LogP contribution in [0.1, 0.15) is 6.42 Å². The van der Waals surface area contributed by atoms with Gasteiger partial charge in [0.2, 0.25) is 0 Å². The Bertz CT molecular complexity index is 662. The van der Waals surface area contributed by atoms with Gasteiger partial charge >= 0.3 is 29.6 Å². The van der Waals surface area contributed by atoms with Gasteiger partial charge in [0.05, 0.1) is 32.4 Å². The largest absolute Gasteiger partial charge is 1.00 e. The van der Waals surface area contributed by atoms with E-state index in [1.54, 1.807) is 19.2 Å². The van der Waals surface area contributed by atoms with Gasteiger partial charge in [-0.25, -0.2) is 0 Å². The summed E-state index contributed by atoms with van der Waals surface area (Å²) in [5.74, 6) is 1.13. The molecule has 7 heteroatoms. The molecule has 1 saturated heterocycles. The van der Waals surface area contributed by atoms with Crippen LogP contribution in [-0.2, 0) is 4.74 Å². The van der Waals surface area contributed by atoms with Gasteiger partial charge in [-0.15, -0.1) is 0 Å². The van der Waals surface area contributed by atoms with Crippen LogP contribution in [0, 0.1) is 0 Å². The second-order valence-corrected chi connectivity index (χ2v) is 5.49. The second kappa shape index (κ2) is 9.44. The molecular formula is C17H21N2NaO4. The van der Waals surface area contributed by atoms with Crippen molar-refractivity contribution in [2.45, 2.75) is 6.42 Å². The molecule has 2 aromatic rings. The topological polar surface area (TPSA) is 66.9 Å². The number of pyridine rings is 1. The molecule has 1 aliphatic heterocycles. The van der Waals surface area contributed by atoms with E-state index in [1.165, 1.54) is 12.3 Å². The van der Waals surface area contributed by atoms with Gasteiger partial charge in [0.15, 0.2) is 11.5 Å². The first-order valence-electron chi connectivity index (χ1n) is 7.84. The Morgan fingerprint density at radius 3 is 2.79 bits per heavy atom. The van der Waals surface area contributed by atoms with Crippen LogP contribution in [0.25, 0.3) is 10.9 Å². The monoisotopic (exact) mass is 340 g/mol. The Morgan fingerprint density at radius 2 is 2.04 bits per heavy atom. The van der Waals surface area contributed by atoms with Crippen molar-refractivity contribution in [1.82, 2.24) is 9.88 Å². The fourth-order valence-electron chi connectivity index (χ4n) is 2.70. The number of aromatic nitrogens is 1. The number of rotatable bonds is 6. The Morgan fingerprint density at radius 1 is 1.25 bits per heavy atom. The van der Waals surface area contributed by atoms with Crippen LogP contribution in [0.3, 0.4) is 0 Å². The molecular weight excluding hydrogens is 319 g/mol. The Labute approximate surface area is 164 Å². The van der Waals surface area contributed by atoms with E-state index in [2.05, 4.69) is 9.88 Å². The Balaban J connectivity index is 0.00000208. The molecule has 1 aliphatic rings. The van der Waals surface area contributed by atoms with Crippen LogP contribution in [0.4, 0.5) is 0 Å². The molecule has 3 rings (SSSR count). The summed E-state index contributed by atoms with van der Waals surface area (Å²) >= 11 is 0. The van der Waals surface area contributed by atoms with Crippen LogP contribution in [-0.4, -0.2) is 56.4 Å². The minimum Gasteiger partial charge on any atom is -0.872 e. The number of hydrogen-bond acceptors (Lipinski definition) is 6. The van der Waals surface area contributed by atoms with E-state index in [9.17, 15) is 5.11 Å². The van der Waals surface area contributed by atoms with E-state index >= 15 is 0 Å². The molecule has 1 fully saturated rings. The van der Waals surface area contributed by atoms with Crippen LogP contribution in [0.2, 0.25) is 0 Å². The third kappa shape index (κ3) is 4.74. The molecule has 0 unspecified atom stereocenters. The van der Waals surface area contributed by atoms with Gasteiger partial charge < -0.3 is 19.3 Å². The summed E-state index contributed by atoms with van der Waals surface area (Å²) in [5.41, 5.74) is 0.626. The maximum atomic E-state index is 11.8. The zero-order valence-corrected chi connectivity index (χ0v) is 16.3. The van der Waals surface area contributed by atoms with Crippen molar-refractivity contribution in [2.75, 3.05) is 46.6 Å². The average molecular weight is 340 g/mol.